The number of carbonyl (C=O) groups excluding carboxylic acids is 1. The van der Waals surface area contributed by atoms with Crippen molar-refractivity contribution in [1.29, 1.82) is 0 Å². The summed E-state index contributed by atoms with van der Waals surface area (Å²) in [7, 11) is -0.523. The van der Waals surface area contributed by atoms with E-state index in [9.17, 15) is 13.2 Å². The Morgan fingerprint density at radius 3 is 2.20 bits per heavy atom. The fraction of sp³-hybridized carbons (Fsp3) is 0.333. The highest BCUT2D eigenvalue weighted by Gasteiger charge is 2.33. The molecule has 0 aliphatic heterocycles. The molecule has 1 aromatic carbocycles. The molecule has 7 heteroatoms. The minimum absolute atomic E-state index is 0.0758. The second-order valence-electron chi connectivity index (χ2n) is 6.33. The maximum Gasteiger partial charge on any atom is 0.254 e. The first-order valence-electron chi connectivity index (χ1n) is 8.12. The molecule has 3 rings (SSSR count). The average Bonchev–Trinajstić information content (AvgIpc) is 3.45. The molecule has 1 aromatic heterocycles. The summed E-state index contributed by atoms with van der Waals surface area (Å²) in [6, 6.07) is 10.2. The van der Waals surface area contributed by atoms with Gasteiger partial charge in [-0.25, -0.2) is 12.7 Å². The van der Waals surface area contributed by atoms with Gasteiger partial charge in [0, 0.05) is 44.6 Å². The van der Waals surface area contributed by atoms with Crippen molar-refractivity contribution in [1.82, 2.24) is 14.2 Å². The highest BCUT2D eigenvalue weighted by Crippen LogP contribution is 2.30. The average molecular weight is 359 g/mol. The normalized spacial score (nSPS) is 14.5. The Labute approximate surface area is 148 Å². The third-order valence-electron chi connectivity index (χ3n) is 4.23. The molecule has 1 amide bonds. The molecule has 0 N–H and O–H groups in total. The van der Waals surface area contributed by atoms with E-state index in [1.54, 1.807) is 24.5 Å². The Hall–Kier alpha value is -2.25. The van der Waals surface area contributed by atoms with Crippen molar-refractivity contribution in [2.45, 2.75) is 30.3 Å². The van der Waals surface area contributed by atoms with E-state index in [4.69, 9.17) is 0 Å². The molecule has 1 aliphatic rings. The minimum atomic E-state index is -3.49. The summed E-state index contributed by atoms with van der Waals surface area (Å²) in [5, 5.41) is 0. The molecule has 25 heavy (non-hydrogen) atoms. The molecular weight excluding hydrogens is 338 g/mol. The number of benzene rings is 1. The maximum atomic E-state index is 12.9. The Kier molecular flexibility index (Phi) is 4.87. The molecule has 0 bridgehead atoms. The zero-order valence-electron chi connectivity index (χ0n) is 14.3. The number of rotatable bonds is 6. The van der Waals surface area contributed by atoms with Gasteiger partial charge in [-0.2, -0.15) is 0 Å². The number of amides is 1. The Morgan fingerprint density at radius 1 is 1.08 bits per heavy atom. The van der Waals surface area contributed by atoms with E-state index in [0.29, 0.717) is 12.1 Å². The van der Waals surface area contributed by atoms with Gasteiger partial charge >= 0.3 is 0 Å². The van der Waals surface area contributed by atoms with Gasteiger partial charge in [0.2, 0.25) is 10.0 Å². The van der Waals surface area contributed by atoms with Crippen LogP contribution in [0.25, 0.3) is 0 Å². The zero-order chi connectivity index (χ0) is 18.0. The number of hydrogen-bond acceptors (Lipinski definition) is 4. The van der Waals surface area contributed by atoms with E-state index >= 15 is 0 Å². The largest absolute Gasteiger partial charge is 0.331 e. The lowest BCUT2D eigenvalue weighted by atomic mass is 10.1. The molecule has 1 saturated carbocycles. The zero-order valence-corrected chi connectivity index (χ0v) is 15.1. The number of hydrogen-bond donors (Lipinski definition) is 0. The van der Waals surface area contributed by atoms with Crippen molar-refractivity contribution in [3.8, 4) is 0 Å². The number of carbonyl (C=O) groups is 1. The Balaban J connectivity index is 1.81. The van der Waals surface area contributed by atoms with E-state index in [1.807, 2.05) is 17.0 Å². The van der Waals surface area contributed by atoms with Crippen LogP contribution in [0.3, 0.4) is 0 Å². The van der Waals surface area contributed by atoms with E-state index in [1.165, 1.54) is 26.2 Å². The summed E-state index contributed by atoms with van der Waals surface area (Å²) in [4.78, 5) is 18.9. The van der Waals surface area contributed by atoms with E-state index in [0.717, 1.165) is 22.7 Å². The van der Waals surface area contributed by atoms with Crippen LogP contribution in [0.1, 0.15) is 28.8 Å². The molecule has 1 aliphatic carbocycles. The molecule has 6 nitrogen and oxygen atoms in total. The highest BCUT2D eigenvalue weighted by molar-refractivity contribution is 7.89. The van der Waals surface area contributed by atoms with Crippen molar-refractivity contribution in [2.75, 3.05) is 14.1 Å². The summed E-state index contributed by atoms with van der Waals surface area (Å²) in [6.45, 7) is 0.532. The standard InChI is InChI=1S/C18H21N3O3S/c1-20(2)25(23,24)17-7-3-15(4-8-17)18(22)21(16-5-6-16)13-14-9-11-19-12-10-14/h3-4,7-12,16H,5-6,13H2,1-2H3. The Bertz CT molecular complexity index is 845. The van der Waals surface area contributed by atoms with Gasteiger partial charge in [0.1, 0.15) is 0 Å². The van der Waals surface area contributed by atoms with Crippen LogP contribution in [-0.4, -0.2) is 48.7 Å². The van der Waals surface area contributed by atoms with Crippen LogP contribution in [0.5, 0.6) is 0 Å². The van der Waals surface area contributed by atoms with Gasteiger partial charge in [-0.15, -0.1) is 0 Å². The molecular formula is C18H21N3O3S. The van der Waals surface area contributed by atoms with E-state index in [-0.39, 0.29) is 16.8 Å². The van der Waals surface area contributed by atoms with Gasteiger partial charge in [-0.05, 0) is 54.8 Å². The smallest absolute Gasteiger partial charge is 0.254 e. The lowest BCUT2D eigenvalue weighted by molar-refractivity contribution is 0.0730. The number of pyridine rings is 1. The van der Waals surface area contributed by atoms with Crippen molar-refractivity contribution < 1.29 is 13.2 Å². The molecule has 0 spiro atoms. The molecule has 0 saturated heterocycles. The van der Waals surface area contributed by atoms with Gasteiger partial charge < -0.3 is 4.90 Å². The molecule has 0 atom stereocenters. The van der Waals surface area contributed by atoms with Gasteiger partial charge in [-0.3, -0.25) is 9.78 Å². The van der Waals surface area contributed by atoms with Gasteiger partial charge in [-0.1, -0.05) is 0 Å². The van der Waals surface area contributed by atoms with Crippen LogP contribution in [0.2, 0.25) is 0 Å². The van der Waals surface area contributed by atoms with E-state index < -0.39 is 10.0 Å². The summed E-state index contributed by atoms with van der Waals surface area (Å²) < 4.78 is 25.4. The SMILES string of the molecule is CN(C)S(=O)(=O)c1ccc(C(=O)N(Cc2ccncc2)C2CC2)cc1. The third kappa shape index (κ3) is 3.88. The first-order valence-corrected chi connectivity index (χ1v) is 9.56. The summed E-state index contributed by atoms with van der Waals surface area (Å²) in [5.74, 6) is -0.0758. The van der Waals surface area contributed by atoms with Crippen molar-refractivity contribution in [3.63, 3.8) is 0 Å². The molecule has 2 aromatic rings. The van der Waals surface area contributed by atoms with Crippen LogP contribution in [0.15, 0.2) is 53.7 Å². The number of aromatic nitrogens is 1. The van der Waals surface area contributed by atoms with Gasteiger partial charge in [0.05, 0.1) is 4.90 Å². The Morgan fingerprint density at radius 2 is 1.68 bits per heavy atom. The molecule has 1 fully saturated rings. The summed E-state index contributed by atoms with van der Waals surface area (Å²) >= 11 is 0. The molecule has 0 unspecified atom stereocenters. The molecule has 0 radical (unpaired) electrons. The van der Waals surface area contributed by atoms with Crippen molar-refractivity contribution >= 4 is 15.9 Å². The number of nitrogens with zero attached hydrogens (tertiary/aromatic N) is 3. The second-order valence-corrected chi connectivity index (χ2v) is 8.48. The molecule has 132 valence electrons. The van der Waals surface area contributed by atoms with Gasteiger partial charge in [0.25, 0.3) is 5.91 Å². The van der Waals surface area contributed by atoms with Crippen LogP contribution in [0.4, 0.5) is 0 Å². The van der Waals surface area contributed by atoms with Gasteiger partial charge in [0.15, 0.2) is 0 Å². The topological polar surface area (TPSA) is 70.6 Å². The lowest BCUT2D eigenvalue weighted by Gasteiger charge is -2.23. The first-order chi connectivity index (χ1) is 11.9. The van der Waals surface area contributed by atoms with Crippen LogP contribution in [-0.2, 0) is 16.6 Å². The summed E-state index contributed by atoms with van der Waals surface area (Å²) in [5.41, 5.74) is 1.53. The van der Waals surface area contributed by atoms with Crippen LogP contribution in [0, 0.1) is 0 Å². The predicted molar refractivity (Wildman–Crippen MR) is 94.4 cm³/mol. The fourth-order valence-electron chi connectivity index (χ4n) is 2.58. The molecule has 1 heterocycles. The minimum Gasteiger partial charge on any atom is -0.331 e. The summed E-state index contributed by atoms with van der Waals surface area (Å²) in [6.07, 6.45) is 5.44. The van der Waals surface area contributed by atoms with Crippen LogP contribution >= 0.6 is 0 Å². The fourth-order valence-corrected chi connectivity index (χ4v) is 3.49. The van der Waals surface area contributed by atoms with Crippen molar-refractivity contribution in [3.05, 3.63) is 59.9 Å². The number of sulfonamides is 1. The second kappa shape index (κ2) is 6.93. The maximum absolute atomic E-state index is 12.9. The monoisotopic (exact) mass is 359 g/mol. The van der Waals surface area contributed by atoms with Crippen LogP contribution < -0.4 is 0 Å². The predicted octanol–water partition coefficient (Wildman–Crippen LogP) is 2.14. The lowest BCUT2D eigenvalue weighted by Crippen LogP contribution is -2.32. The third-order valence-corrected chi connectivity index (χ3v) is 6.06. The van der Waals surface area contributed by atoms with Crippen molar-refractivity contribution in [2.24, 2.45) is 0 Å². The quantitative estimate of drug-likeness (QED) is 0.792. The van der Waals surface area contributed by atoms with E-state index in [2.05, 4.69) is 4.98 Å². The first kappa shape index (κ1) is 17.6. The highest BCUT2D eigenvalue weighted by atomic mass is 32.2.